The monoisotopic (exact) mass is 469 g/mol. The maximum atomic E-state index is 13.1. The lowest BCUT2D eigenvalue weighted by molar-refractivity contribution is -0.135. The van der Waals surface area contributed by atoms with Gasteiger partial charge in [0, 0.05) is 31.2 Å². The third-order valence-electron chi connectivity index (χ3n) is 5.04. The zero-order chi connectivity index (χ0) is 20.5. The Morgan fingerprint density at radius 2 is 2.07 bits per heavy atom. The van der Waals surface area contributed by atoms with Crippen molar-refractivity contribution in [3.05, 3.63) is 45.8 Å². The minimum Gasteiger partial charge on any atom is -0.360 e. The number of sulfonamides is 1. The lowest BCUT2D eigenvalue weighted by Gasteiger charge is -2.33. The summed E-state index contributed by atoms with van der Waals surface area (Å²) in [6.45, 7) is 4.23. The van der Waals surface area contributed by atoms with E-state index in [1.165, 1.54) is 4.31 Å². The van der Waals surface area contributed by atoms with Crippen LogP contribution in [0.4, 0.5) is 0 Å². The number of hydrogen-bond acceptors (Lipinski definition) is 5. The highest BCUT2D eigenvalue weighted by molar-refractivity contribution is 9.10. The summed E-state index contributed by atoms with van der Waals surface area (Å²) >= 11 is 3.50. The molecule has 1 atom stereocenters. The van der Waals surface area contributed by atoms with Crippen LogP contribution in [-0.2, 0) is 21.4 Å². The molecule has 1 unspecified atom stereocenters. The van der Waals surface area contributed by atoms with Crippen LogP contribution in [-0.4, -0.2) is 48.8 Å². The molecule has 2 aromatic rings. The quantitative estimate of drug-likeness (QED) is 0.671. The van der Waals surface area contributed by atoms with E-state index in [2.05, 4.69) is 21.1 Å². The topological polar surface area (TPSA) is 83.7 Å². The molecule has 1 fully saturated rings. The first-order valence-electron chi connectivity index (χ1n) is 9.13. The summed E-state index contributed by atoms with van der Waals surface area (Å²) in [5.41, 5.74) is 1.35. The Kier molecular flexibility index (Phi) is 6.26. The molecule has 1 aliphatic rings. The van der Waals surface area contributed by atoms with Gasteiger partial charge in [-0.15, -0.1) is 0 Å². The molecule has 0 aliphatic carbocycles. The number of rotatable bonds is 5. The molecule has 0 bridgehead atoms. The average Bonchev–Trinajstić information content (AvgIpc) is 3.02. The van der Waals surface area contributed by atoms with Crippen molar-refractivity contribution in [2.45, 2.75) is 38.1 Å². The minimum absolute atomic E-state index is 0.0468. The lowest BCUT2D eigenvalue weighted by Crippen LogP contribution is -2.45. The Morgan fingerprint density at radius 1 is 1.36 bits per heavy atom. The second-order valence-corrected chi connectivity index (χ2v) is 9.87. The van der Waals surface area contributed by atoms with Gasteiger partial charge in [0.05, 0.1) is 5.92 Å². The van der Waals surface area contributed by atoms with Gasteiger partial charge < -0.3 is 9.42 Å². The fourth-order valence-corrected chi connectivity index (χ4v) is 5.83. The van der Waals surface area contributed by atoms with Crippen molar-refractivity contribution >= 4 is 31.9 Å². The second kappa shape index (κ2) is 8.34. The van der Waals surface area contributed by atoms with E-state index in [-0.39, 0.29) is 29.0 Å². The number of aryl methyl sites for hydroxylation is 2. The van der Waals surface area contributed by atoms with E-state index >= 15 is 0 Å². The Bertz CT molecular complexity index is 954. The molecule has 1 aromatic heterocycles. The SMILES string of the molecule is Cc1noc(C)c1S(=O)(=O)N1CCCC(C(=O)N(C)Cc2ccccc2Br)C1. The Morgan fingerprint density at radius 3 is 2.71 bits per heavy atom. The van der Waals surface area contributed by atoms with Crippen molar-refractivity contribution in [2.75, 3.05) is 20.1 Å². The molecule has 0 saturated carbocycles. The summed E-state index contributed by atoms with van der Waals surface area (Å²) in [5.74, 6) is -0.136. The average molecular weight is 470 g/mol. The molecule has 1 aromatic carbocycles. The zero-order valence-electron chi connectivity index (χ0n) is 16.2. The van der Waals surface area contributed by atoms with Crippen LogP contribution >= 0.6 is 15.9 Å². The number of carbonyl (C=O) groups is 1. The summed E-state index contributed by atoms with van der Waals surface area (Å²) in [6, 6.07) is 7.75. The van der Waals surface area contributed by atoms with Gasteiger partial charge in [0.15, 0.2) is 5.76 Å². The molecule has 152 valence electrons. The minimum atomic E-state index is -3.74. The van der Waals surface area contributed by atoms with Gasteiger partial charge in [0.1, 0.15) is 10.6 Å². The van der Waals surface area contributed by atoms with E-state index in [1.54, 1.807) is 25.8 Å². The van der Waals surface area contributed by atoms with Crippen molar-refractivity contribution in [3.63, 3.8) is 0 Å². The molecule has 2 heterocycles. The fraction of sp³-hybridized carbons (Fsp3) is 0.474. The van der Waals surface area contributed by atoms with Crippen LogP contribution in [0, 0.1) is 19.8 Å². The third-order valence-corrected chi connectivity index (χ3v) is 7.92. The summed E-state index contributed by atoms with van der Waals surface area (Å²) in [7, 11) is -1.99. The van der Waals surface area contributed by atoms with Crippen molar-refractivity contribution < 1.29 is 17.7 Å². The van der Waals surface area contributed by atoms with Crippen LogP contribution in [0.15, 0.2) is 38.2 Å². The van der Waals surface area contributed by atoms with Crippen LogP contribution in [0.1, 0.15) is 29.9 Å². The zero-order valence-corrected chi connectivity index (χ0v) is 18.6. The van der Waals surface area contributed by atoms with Gasteiger partial charge in [-0.25, -0.2) is 8.42 Å². The molecule has 0 N–H and O–H groups in total. The normalized spacial score (nSPS) is 18.2. The highest BCUT2D eigenvalue weighted by Crippen LogP contribution is 2.28. The number of benzene rings is 1. The highest BCUT2D eigenvalue weighted by atomic mass is 79.9. The largest absolute Gasteiger partial charge is 0.360 e. The Balaban J connectivity index is 1.74. The lowest BCUT2D eigenvalue weighted by atomic mass is 9.98. The molecule has 3 rings (SSSR count). The number of hydrogen-bond donors (Lipinski definition) is 0. The first-order valence-corrected chi connectivity index (χ1v) is 11.4. The van der Waals surface area contributed by atoms with Crippen molar-refractivity contribution in [1.82, 2.24) is 14.4 Å². The second-order valence-electron chi connectivity index (χ2n) is 7.14. The molecule has 28 heavy (non-hydrogen) atoms. The van der Waals surface area contributed by atoms with Crippen molar-refractivity contribution in [3.8, 4) is 0 Å². The van der Waals surface area contributed by atoms with Crippen molar-refractivity contribution in [1.29, 1.82) is 0 Å². The first kappa shape index (κ1) is 21.0. The molecule has 1 aliphatic heterocycles. The standard InChI is InChI=1S/C19H24BrN3O4S/c1-13-18(14(2)27-21-13)28(25,26)23-10-6-8-16(12-23)19(24)22(3)11-15-7-4-5-9-17(15)20/h4-5,7,9,16H,6,8,10-12H2,1-3H3. The molecule has 7 nitrogen and oxygen atoms in total. The smallest absolute Gasteiger partial charge is 0.248 e. The van der Waals surface area contributed by atoms with Crippen LogP contribution in [0.25, 0.3) is 0 Å². The maximum Gasteiger partial charge on any atom is 0.248 e. The van der Waals surface area contributed by atoms with Crippen LogP contribution in [0.3, 0.4) is 0 Å². The molecule has 1 amide bonds. The Labute approximate surface area is 173 Å². The number of aromatic nitrogens is 1. The van der Waals surface area contributed by atoms with E-state index in [0.717, 1.165) is 10.0 Å². The molecule has 0 spiro atoms. The predicted molar refractivity (Wildman–Crippen MR) is 108 cm³/mol. The predicted octanol–water partition coefficient (Wildman–Crippen LogP) is 3.11. The van der Waals surface area contributed by atoms with Gasteiger partial charge in [0.25, 0.3) is 0 Å². The summed E-state index contributed by atoms with van der Waals surface area (Å²) in [4.78, 5) is 14.7. The van der Waals surface area contributed by atoms with E-state index in [0.29, 0.717) is 31.6 Å². The highest BCUT2D eigenvalue weighted by Gasteiger charge is 2.37. The van der Waals surface area contributed by atoms with E-state index in [4.69, 9.17) is 4.52 Å². The Hall–Kier alpha value is -1.71. The number of nitrogens with zero attached hydrogens (tertiary/aromatic N) is 3. The molecular weight excluding hydrogens is 446 g/mol. The van der Waals surface area contributed by atoms with Gasteiger partial charge in [-0.2, -0.15) is 4.31 Å². The summed E-state index contributed by atoms with van der Waals surface area (Å²) in [5, 5.41) is 3.75. The molecule has 9 heteroatoms. The van der Waals surface area contributed by atoms with E-state index < -0.39 is 10.0 Å². The first-order chi connectivity index (χ1) is 13.2. The van der Waals surface area contributed by atoms with Gasteiger partial charge in [-0.05, 0) is 38.3 Å². The molecule has 1 saturated heterocycles. The third kappa shape index (κ3) is 4.16. The van der Waals surface area contributed by atoms with Crippen LogP contribution < -0.4 is 0 Å². The number of carbonyl (C=O) groups excluding carboxylic acids is 1. The van der Waals surface area contributed by atoms with Crippen LogP contribution in [0.5, 0.6) is 0 Å². The number of piperidine rings is 1. The van der Waals surface area contributed by atoms with Gasteiger partial charge in [0.2, 0.25) is 15.9 Å². The van der Waals surface area contributed by atoms with Gasteiger partial charge >= 0.3 is 0 Å². The van der Waals surface area contributed by atoms with E-state index in [1.807, 2.05) is 24.3 Å². The number of amides is 1. The maximum absolute atomic E-state index is 13.1. The van der Waals surface area contributed by atoms with E-state index in [9.17, 15) is 13.2 Å². The summed E-state index contributed by atoms with van der Waals surface area (Å²) < 4.78 is 33.5. The fourth-order valence-electron chi connectivity index (χ4n) is 3.61. The van der Waals surface area contributed by atoms with Gasteiger partial charge in [-0.1, -0.05) is 39.3 Å². The van der Waals surface area contributed by atoms with Crippen molar-refractivity contribution in [2.24, 2.45) is 5.92 Å². The molecular formula is C19H24BrN3O4S. The number of halogens is 1. The van der Waals surface area contributed by atoms with Gasteiger partial charge in [-0.3, -0.25) is 4.79 Å². The molecule has 0 radical (unpaired) electrons. The van der Waals surface area contributed by atoms with Crippen LogP contribution in [0.2, 0.25) is 0 Å². The summed E-state index contributed by atoms with van der Waals surface area (Å²) in [6.07, 6.45) is 1.31.